The van der Waals surface area contributed by atoms with Gasteiger partial charge in [0.05, 0.1) is 0 Å². The first kappa shape index (κ1) is 8.76. The van der Waals surface area contributed by atoms with Crippen LogP contribution < -0.4 is 0 Å². The van der Waals surface area contributed by atoms with E-state index in [9.17, 15) is 0 Å². The summed E-state index contributed by atoms with van der Waals surface area (Å²) in [5, 5.41) is 0. The second kappa shape index (κ2) is 3.25. The van der Waals surface area contributed by atoms with Gasteiger partial charge in [-0.2, -0.15) is 0 Å². The molecule has 0 fully saturated rings. The monoisotopic (exact) mass is 188 g/mol. The van der Waals surface area contributed by atoms with Crippen molar-refractivity contribution in [2.45, 2.75) is 45.4 Å². The molecule has 0 saturated heterocycles. The zero-order chi connectivity index (χ0) is 9.54. The van der Waals surface area contributed by atoms with Crippen LogP contribution in [0.5, 0.6) is 0 Å². The van der Waals surface area contributed by atoms with Crippen molar-refractivity contribution in [2.24, 2.45) is 17.8 Å². The SMILES string of the molecule is C[C@H]1CC2=C(CCC2)[C@H]1C1CC=CC1. The molecule has 14 heavy (non-hydrogen) atoms. The summed E-state index contributed by atoms with van der Waals surface area (Å²) in [6.45, 7) is 2.47. The maximum atomic E-state index is 2.47. The number of hydrogen-bond acceptors (Lipinski definition) is 0. The molecule has 3 rings (SSSR count). The quantitative estimate of drug-likeness (QED) is 0.544. The largest absolute Gasteiger partial charge is 0.0882 e. The molecule has 3 aliphatic rings. The van der Waals surface area contributed by atoms with Gasteiger partial charge in [0.2, 0.25) is 0 Å². The molecule has 0 saturated carbocycles. The van der Waals surface area contributed by atoms with Crippen LogP contribution in [0, 0.1) is 17.8 Å². The normalized spacial score (nSPS) is 37.2. The first-order valence-electron chi connectivity index (χ1n) is 6.22. The molecule has 0 radical (unpaired) electrons. The van der Waals surface area contributed by atoms with Crippen LogP contribution >= 0.6 is 0 Å². The fourth-order valence-electron chi connectivity index (χ4n) is 4.00. The Kier molecular flexibility index (Phi) is 2.04. The van der Waals surface area contributed by atoms with Crippen LogP contribution in [0.25, 0.3) is 0 Å². The van der Waals surface area contributed by atoms with Crippen molar-refractivity contribution in [3.63, 3.8) is 0 Å². The maximum absolute atomic E-state index is 2.47. The fraction of sp³-hybridized carbons (Fsp3) is 0.714. The molecule has 0 unspecified atom stereocenters. The summed E-state index contributed by atoms with van der Waals surface area (Å²) < 4.78 is 0. The van der Waals surface area contributed by atoms with Crippen molar-refractivity contribution in [3.8, 4) is 0 Å². The average molecular weight is 188 g/mol. The molecule has 0 amide bonds. The molecule has 2 atom stereocenters. The van der Waals surface area contributed by atoms with E-state index in [4.69, 9.17) is 0 Å². The Morgan fingerprint density at radius 1 is 1.14 bits per heavy atom. The molecule has 0 aromatic heterocycles. The minimum Gasteiger partial charge on any atom is -0.0882 e. The minimum absolute atomic E-state index is 0.949. The minimum atomic E-state index is 0.949. The Hall–Kier alpha value is -0.520. The third kappa shape index (κ3) is 1.20. The van der Waals surface area contributed by atoms with Crippen molar-refractivity contribution in [2.75, 3.05) is 0 Å². The Bertz CT molecular complexity index is 287. The van der Waals surface area contributed by atoms with E-state index in [2.05, 4.69) is 19.1 Å². The molecule has 3 aliphatic carbocycles. The van der Waals surface area contributed by atoms with Gasteiger partial charge in [-0.1, -0.05) is 30.2 Å². The van der Waals surface area contributed by atoms with Crippen molar-refractivity contribution in [1.82, 2.24) is 0 Å². The van der Waals surface area contributed by atoms with Gasteiger partial charge < -0.3 is 0 Å². The number of rotatable bonds is 1. The van der Waals surface area contributed by atoms with Crippen molar-refractivity contribution in [3.05, 3.63) is 23.3 Å². The Morgan fingerprint density at radius 3 is 2.71 bits per heavy atom. The molecule has 0 aromatic rings. The second-order valence-electron chi connectivity index (χ2n) is 5.39. The predicted molar refractivity (Wildman–Crippen MR) is 60.0 cm³/mol. The van der Waals surface area contributed by atoms with E-state index in [1.807, 2.05) is 11.1 Å². The van der Waals surface area contributed by atoms with Gasteiger partial charge in [-0.15, -0.1) is 0 Å². The van der Waals surface area contributed by atoms with E-state index in [0.717, 1.165) is 17.8 Å². The average Bonchev–Trinajstić information content (AvgIpc) is 2.78. The molecule has 0 N–H and O–H groups in total. The molecule has 0 heteroatoms. The highest BCUT2D eigenvalue weighted by atomic mass is 14.4. The zero-order valence-corrected chi connectivity index (χ0v) is 9.13. The van der Waals surface area contributed by atoms with Crippen LogP contribution in [0.1, 0.15) is 45.4 Å². The molecular formula is C14H20. The van der Waals surface area contributed by atoms with Gasteiger partial charge in [0, 0.05) is 0 Å². The highest BCUT2D eigenvalue weighted by molar-refractivity contribution is 5.30. The van der Waals surface area contributed by atoms with Crippen LogP contribution in [-0.4, -0.2) is 0 Å². The van der Waals surface area contributed by atoms with Crippen LogP contribution in [0.4, 0.5) is 0 Å². The lowest BCUT2D eigenvalue weighted by Crippen LogP contribution is -2.18. The molecule has 0 nitrogen and oxygen atoms in total. The standard InChI is InChI=1S/C14H20/c1-10-9-12-7-4-8-13(12)14(10)11-5-2-3-6-11/h2-3,10-11,14H,4-9H2,1H3/t10-,14+/m0/s1. The summed E-state index contributed by atoms with van der Waals surface area (Å²) in [4.78, 5) is 0. The molecule has 0 spiro atoms. The van der Waals surface area contributed by atoms with Crippen molar-refractivity contribution >= 4 is 0 Å². The first-order valence-corrected chi connectivity index (χ1v) is 6.22. The fourth-order valence-corrected chi connectivity index (χ4v) is 4.00. The Labute approximate surface area is 87.1 Å². The smallest absolute Gasteiger partial charge is 0.0137 e. The van der Waals surface area contributed by atoms with Crippen LogP contribution in [0.2, 0.25) is 0 Å². The van der Waals surface area contributed by atoms with E-state index in [0.29, 0.717) is 0 Å². The lowest BCUT2D eigenvalue weighted by molar-refractivity contribution is 0.305. The number of allylic oxidation sites excluding steroid dienone is 4. The highest BCUT2D eigenvalue weighted by Gasteiger charge is 2.38. The molecule has 0 aromatic carbocycles. The van der Waals surface area contributed by atoms with E-state index >= 15 is 0 Å². The van der Waals surface area contributed by atoms with Crippen LogP contribution in [-0.2, 0) is 0 Å². The lowest BCUT2D eigenvalue weighted by Gasteiger charge is -2.26. The van der Waals surface area contributed by atoms with Crippen molar-refractivity contribution in [1.29, 1.82) is 0 Å². The third-order valence-electron chi connectivity index (χ3n) is 4.51. The topological polar surface area (TPSA) is 0 Å². The molecule has 0 bridgehead atoms. The van der Waals surface area contributed by atoms with Gasteiger partial charge in [0.15, 0.2) is 0 Å². The van der Waals surface area contributed by atoms with Gasteiger partial charge in [0.1, 0.15) is 0 Å². The van der Waals surface area contributed by atoms with E-state index in [1.54, 1.807) is 0 Å². The Balaban J connectivity index is 1.83. The third-order valence-corrected chi connectivity index (χ3v) is 4.51. The van der Waals surface area contributed by atoms with Gasteiger partial charge in [0.25, 0.3) is 0 Å². The summed E-state index contributed by atoms with van der Waals surface area (Å²) >= 11 is 0. The molecule has 0 aliphatic heterocycles. The summed E-state index contributed by atoms with van der Waals surface area (Å²) in [7, 11) is 0. The first-order chi connectivity index (χ1) is 6.86. The van der Waals surface area contributed by atoms with Crippen molar-refractivity contribution < 1.29 is 0 Å². The van der Waals surface area contributed by atoms with Crippen LogP contribution in [0.3, 0.4) is 0 Å². The Morgan fingerprint density at radius 2 is 1.93 bits per heavy atom. The summed E-state index contributed by atoms with van der Waals surface area (Å²) in [5.74, 6) is 2.88. The molecule has 76 valence electrons. The molecule has 0 heterocycles. The van der Waals surface area contributed by atoms with Gasteiger partial charge >= 0.3 is 0 Å². The maximum Gasteiger partial charge on any atom is -0.0137 e. The lowest BCUT2D eigenvalue weighted by atomic mass is 9.79. The van der Waals surface area contributed by atoms with Gasteiger partial charge in [-0.05, 0) is 56.3 Å². The van der Waals surface area contributed by atoms with E-state index in [-0.39, 0.29) is 0 Å². The molecular weight excluding hydrogens is 168 g/mol. The van der Waals surface area contributed by atoms with E-state index in [1.165, 1.54) is 38.5 Å². The summed E-state index contributed by atoms with van der Waals surface area (Å²) in [5.41, 5.74) is 3.75. The summed E-state index contributed by atoms with van der Waals surface area (Å²) in [6.07, 6.45) is 13.2. The van der Waals surface area contributed by atoms with Gasteiger partial charge in [-0.25, -0.2) is 0 Å². The highest BCUT2D eigenvalue weighted by Crippen LogP contribution is 2.50. The van der Waals surface area contributed by atoms with Crippen LogP contribution in [0.15, 0.2) is 23.3 Å². The zero-order valence-electron chi connectivity index (χ0n) is 9.13. The number of hydrogen-bond donors (Lipinski definition) is 0. The predicted octanol–water partition coefficient (Wildman–Crippen LogP) is 4.09. The second-order valence-corrected chi connectivity index (χ2v) is 5.39. The van der Waals surface area contributed by atoms with E-state index < -0.39 is 0 Å². The van der Waals surface area contributed by atoms with Gasteiger partial charge in [-0.3, -0.25) is 0 Å². The summed E-state index contributed by atoms with van der Waals surface area (Å²) in [6, 6.07) is 0.